The molecule has 3 rings (SSSR count). The average molecular weight is 532 g/mol. The molecule has 1 N–H and O–H groups in total. The van der Waals surface area contributed by atoms with Crippen LogP contribution in [0.4, 0.5) is 5.69 Å². The number of hydrogen-bond acceptors (Lipinski definition) is 4. The van der Waals surface area contributed by atoms with Crippen LogP contribution in [0.1, 0.15) is 27.8 Å². The molecule has 0 saturated heterocycles. The Labute approximate surface area is 196 Å². The molecule has 0 atom stereocenters. The topological polar surface area (TPSA) is 80.1 Å². The largest absolute Gasteiger partial charge is 0.352 e. The van der Waals surface area contributed by atoms with Crippen LogP contribution in [0.5, 0.6) is 0 Å². The van der Waals surface area contributed by atoms with Gasteiger partial charge < -0.3 is 10.2 Å². The van der Waals surface area contributed by atoms with Crippen LogP contribution >= 0.6 is 50.7 Å². The number of halogens is 4. The lowest BCUT2D eigenvalue weighted by molar-refractivity contribution is 0.0956. The Morgan fingerprint density at radius 3 is 2.60 bits per heavy atom. The first kappa shape index (κ1) is 22.6. The summed E-state index contributed by atoms with van der Waals surface area (Å²) in [5, 5.41) is 7.71. The lowest BCUT2D eigenvalue weighted by atomic mass is 10.1. The lowest BCUT2D eigenvalue weighted by Gasteiger charge is -2.22. The van der Waals surface area contributed by atoms with Crippen LogP contribution in [0.2, 0.25) is 15.1 Å². The molecule has 30 heavy (non-hydrogen) atoms. The minimum absolute atomic E-state index is 0.153. The number of amides is 2. The zero-order valence-electron chi connectivity index (χ0n) is 15.8. The maximum atomic E-state index is 13.4. The van der Waals surface area contributed by atoms with Crippen LogP contribution in [0.15, 0.2) is 41.1 Å². The number of nitrogens with one attached hydrogen (secondary N) is 1. The van der Waals surface area contributed by atoms with Gasteiger partial charge in [0.05, 0.1) is 21.3 Å². The maximum absolute atomic E-state index is 13.4. The fourth-order valence-corrected chi connectivity index (χ4v) is 4.01. The second-order valence-electron chi connectivity index (χ2n) is 6.08. The summed E-state index contributed by atoms with van der Waals surface area (Å²) in [7, 11) is 1.51. The molecule has 2 aromatic heterocycles. The highest BCUT2D eigenvalue weighted by Gasteiger charge is 2.27. The van der Waals surface area contributed by atoms with E-state index in [2.05, 4.69) is 31.3 Å². The Balaban J connectivity index is 2.11. The quantitative estimate of drug-likeness (QED) is 0.502. The maximum Gasteiger partial charge on any atom is 0.276 e. The number of carbonyl (C=O) groups is 2. The van der Waals surface area contributed by atoms with Gasteiger partial charge in [-0.05, 0) is 47.1 Å². The molecule has 0 radical (unpaired) electrons. The van der Waals surface area contributed by atoms with E-state index in [1.165, 1.54) is 41.0 Å². The van der Waals surface area contributed by atoms with Gasteiger partial charge in [0.25, 0.3) is 11.8 Å². The van der Waals surface area contributed by atoms with Crippen molar-refractivity contribution in [3.05, 3.63) is 67.5 Å². The van der Waals surface area contributed by atoms with Crippen molar-refractivity contribution in [2.75, 3.05) is 18.5 Å². The van der Waals surface area contributed by atoms with E-state index >= 15 is 0 Å². The highest BCUT2D eigenvalue weighted by atomic mass is 79.9. The second kappa shape index (κ2) is 9.34. The van der Waals surface area contributed by atoms with Crippen LogP contribution in [0, 0.1) is 0 Å². The lowest BCUT2D eigenvalue weighted by Crippen LogP contribution is -2.32. The third kappa shape index (κ3) is 4.46. The van der Waals surface area contributed by atoms with Gasteiger partial charge in [0.2, 0.25) is 0 Å². The molecule has 0 aliphatic carbocycles. The van der Waals surface area contributed by atoms with Gasteiger partial charge in [-0.25, -0.2) is 9.67 Å². The van der Waals surface area contributed by atoms with Crippen molar-refractivity contribution in [1.29, 1.82) is 0 Å². The molecule has 0 aliphatic heterocycles. The van der Waals surface area contributed by atoms with Gasteiger partial charge in [-0.15, -0.1) is 0 Å². The van der Waals surface area contributed by atoms with Crippen molar-refractivity contribution in [2.24, 2.45) is 0 Å². The number of nitrogens with zero attached hydrogens (tertiary/aromatic N) is 4. The van der Waals surface area contributed by atoms with Crippen molar-refractivity contribution >= 4 is 68.2 Å². The number of aromatic nitrogens is 3. The Kier molecular flexibility index (Phi) is 7.02. The number of pyridine rings is 1. The summed E-state index contributed by atoms with van der Waals surface area (Å²) in [6.07, 6.45) is 1.54. The van der Waals surface area contributed by atoms with Crippen LogP contribution in [0.3, 0.4) is 0 Å². The zero-order chi connectivity index (χ0) is 22.0. The highest BCUT2D eigenvalue weighted by Crippen LogP contribution is 2.34. The smallest absolute Gasteiger partial charge is 0.276 e. The fourth-order valence-electron chi connectivity index (χ4n) is 2.81. The molecule has 0 fully saturated rings. The summed E-state index contributed by atoms with van der Waals surface area (Å²) in [5.41, 5.74) is 0.553. The molecule has 0 bridgehead atoms. The van der Waals surface area contributed by atoms with Gasteiger partial charge in [0.15, 0.2) is 5.82 Å². The molecule has 0 aliphatic rings. The van der Waals surface area contributed by atoms with Crippen molar-refractivity contribution in [1.82, 2.24) is 20.1 Å². The molecule has 11 heteroatoms. The van der Waals surface area contributed by atoms with Crippen molar-refractivity contribution in [3.8, 4) is 5.82 Å². The average Bonchev–Trinajstić information content (AvgIpc) is 3.08. The van der Waals surface area contributed by atoms with Gasteiger partial charge in [-0.2, -0.15) is 5.10 Å². The minimum Gasteiger partial charge on any atom is -0.352 e. The summed E-state index contributed by atoms with van der Waals surface area (Å²) in [5.74, 6) is -0.600. The van der Waals surface area contributed by atoms with Gasteiger partial charge >= 0.3 is 0 Å². The Bertz CT molecular complexity index is 1140. The molecule has 0 saturated carbocycles. The fraction of sp³-hybridized carbons (Fsp3) is 0.158. The predicted octanol–water partition coefficient (Wildman–Crippen LogP) is 5.02. The summed E-state index contributed by atoms with van der Waals surface area (Å²) >= 11 is 22.0. The first-order valence-corrected chi connectivity index (χ1v) is 10.6. The van der Waals surface area contributed by atoms with E-state index in [-0.39, 0.29) is 32.8 Å². The summed E-state index contributed by atoms with van der Waals surface area (Å²) in [6.45, 7) is 2.18. The van der Waals surface area contributed by atoms with E-state index in [0.717, 1.165) is 0 Å². The molecule has 2 amide bonds. The standard InChI is InChI=1S/C19H15BrCl3N5O2/c1-3-24-18(29)11-7-10(21)8-13(23)16(11)27(2)19(30)14-9-15(20)26-28(14)17-12(22)5-4-6-25-17/h4-9H,3H2,1-2H3,(H,24,29). The van der Waals surface area contributed by atoms with Crippen molar-refractivity contribution in [3.63, 3.8) is 0 Å². The Morgan fingerprint density at radius 2 is 1.93 bits per heavy atom. The van der Waals surface area contributed by atoms with E-state index in [1.807, 2.05) is 0 Å². The third-order valence-electron chi connectivity index (χ3n) is 4.09. The van der Waals surface area contributed by atoms with Gasteiger partial charge in [-0.3, -0.25) is 9.59 Å². The summed E-state index contributed by atoms with van der Waals surface area (Å²) < 4.78 is 1.73. The normalized spacial score (nSPS) is 10.7. The Hall–Kier alpha value is -2.13. The highest BCUT2D eigenvalue weighted by molar-refractivity contribution is 9.10. The van der Waals surface area contributed by atoms with Crippen LogP contribution < -0.4 is 10.2 Å². The number of hydrogen-bond donors (Lipinski definition) is 1. The van der Waals surface area contributed by atoms with Crippen molar-refractivity contribution < 1.29 is 9.59 Å². The van der Waals surface area contributed by atoms with E-state index in [0.29, 0.717) is 16.2 Å². The van der Waals surface area contributed by atoms with Crippen molar-refractivity contribution in [2.45, 2.75) is 6.92 Å². The molecule has 156 valence electrons. The minimum atomic E-state index is -0.482. The molecular weight excluding hydrogens is 517 g/mol. The molecule has 0 unspecified atom stereocenters. The molecule has 1 aromatic carbocycles. The summed E-state index contributed by atoms with van der Waals surface area (Å²) in [4.78, 5) is 31.4. The van der Waals surface area contributed by atoms with E-state index in [1.54, 1.807) is 19.1 Å². The predicted molar refractivity (Wildman–Crippen MR) is 121 cm³/mol. The van der Waals surface area contributed by atoms with E-state index in [4.69, 9.17) is 34.8 Å². The number of rotatable bonds is 5. The third-order valence-corrected chi connectivity index (χ3v) is 5.28. The molecule has 7 nitrogen and oxygen atoms in total. The Morgan fingerprint density at radius 1 is 1.20 bits per heavy atom. The van der Waals surface area contributed by atoms with Gasteiger partial charge in [-0.1, -0.05) is 34.8 Å². The first-order chi connectivity index (χ1) is 14.2. The van der Waals surface area contributed by atoms with Gasteiger partial charge in [0, 0.05) is 30.9 Å². The number of anilines is 1. The number of carbonyl (C=O) groups excluding carboxylic acids is 2. The molecule has 2 heterocycles. The molecule has 0 spiro atoms. The van der Waals surface area contributed by atoms with Crippen LogP contribution in [0.25, 0.3) is 5.82 Å². The van der Waals surface area contributed by atoms with E-state index in [9.17, 15) is 9.59 Å². The van der Waals surface area contributed by atoms with Crippen LogP contribution in [-0.2, 0) is 0 Å². The zero-order valence-corrected chi connectivity index (χ0v) is 19.6. The monoisotopic (exact) mass is 529 g/mol. The molecular formula is C19H15BrCl3N5O2. The van der Waals surface area contributed by atoms with Gasteiger partial charge in [0.1, 0.15) is 10.3 Å². The second-order valence-corrected chi connectivity index (χ2v) is 8.14. The SMILES string of the molecule is CCNC(=O)c1cc(Cl)cc(Cl)c1N(C)C(=O)c1cc(Br)nn1-c1ncccc1Cl. The summed E-state index contributed by atoms with van der Waals surface area (Å²) in [6, 6.07) is 7.76. The number of benzene rings is 1. The first-order valence-electron chi connectivity index (χ1n) is 8.66. The van der Waals surface area contributed by atoms with Crippen LogP contribution in [-0.4, -0.2) is 40.2 Å². The molecule has 3 aromatic rings. The van der Waals surface area contributed by atoms with E-state index < -0.39 is 11.8 Å².